The normalized spacial score (nSPS) is 17.0. The lowest BCUT2D eigenvalue weighted by Gasteiger charge is -2.31. The van der Waals surface area contributed by atoms with Crippen LogP contribution in [0.1, 0.15) is 25.8 Å². The summed E-state index contributed by atoms with van der Waals surface area (Å²) in [5, 5.41) is 11.6. The molecule has 2 N–H and O–H groups in total. The first-order valence-corrected chi connectivity index (χ1v) is 5.77. The maximum Gasteiger partial charge on any atom is 0.268 e. The highest BCUT2D eigenvalue weighted by molar-refractivity contribution is 6.00. The van der Waals surface area contributed by atoms with Gasteiger partial charge < -0.3 is 15.2 Å². The van der Waals surface area contributed by atoms with Gasteiger partial charge >= 0.3 is 0 Å². The average Bonchev–Trinajstić information content (AvgIpc) is 2.27. The minimum Gasteiger partial charge on any atom is -0.476 e. The predicted molar refractivity (Wildman–Crippen MR) is 65.2 cm³/mol. The molecule has 0 saturated carbocycles. The zero-order valence-electron chi connectivity index (χ0n) is 10.1. The molecule has 4 nitrogen and oxygen atoms in total. The van der Waals surface area contributed by atoms with Crippen LogP contribution in [0.4, 0.5) is 5.69 Å². The molecule has 1 aromatic rings. The van der Waals surface area contributed by atoms with Crippen LogP contribution >= 0.6 is 0 Å². The number of nitrogens with one attached hydrogen (secondary N) is 1. The Morgan fingerprint density at radius 1 is 1.41 bits per heavy atom. The van der Waals surface area contributed by atoms with Crippen molar-refractivity contribution in [3.05, 3.63) is 23.8 Å². The zero-order chi connectivity index (χ0) is 12.5. The van der Waals surface area contributed by atoms with Crippen molar-refractivity contribution in [1.29, 1.82) is 0 Å². The molecule has 0 aromatic heterocycles. The summed E-state index contributed by atoms with van der Waals surface area (Å²) in [5.74, 6) is 0.562. The Hall–Kier alpha value is -1.55. The number of aryl methyl sites for hydroxylation is 1. The van der Waals surface area contributed by atoms with E-state index in [0.717, 1.165) is 18.4 Å². The van der Waals surface area contributed by atoms with Crippen LogP contribution in [-0.2, 0) is 11.2 Å². The number of hydrogen-bond acceptors (Lipinski definition) is 3. The molecule has 1 aliphatic heterocycles. The standard InChI is InChI=1S/C13H17NO3/c1-13(2)12(16)14-10-8-9(4-3-7-15)5-6-11(10)17-13/h5-6,8,15H,3-4,7H2,1-2H3,(H,14,16). The number of aliphatic hydroxyl groups is 1. The molecule has 0 aliphatic carbocycles. The highest BCUT2D eigenvalue weighted by atomic mass is 16.5. The molecule has 17 heavy (non-hydrogen) atoms. The fourth-order valence-corrected chi connectivity index (χ4v) is 1.80. The Kier molecular flexibility index (Phi) is 3.07. The van der Waals surface area contributed by atoms with Crippen LogP contribution in [0.5, 0.6) is 5.75 Å². The van der Waals surface area contributed by atoms with E-state index in [1.54, 1.807) is 13.8 Å². The van der Waals surface area contributed by atoms with E-state index in [9.17, 15) is 4.79 Å². The minimum absolute atomic E-state index is 0.135. The Morgan fingerprint density at radius 3 is 2.88 bits per heavy atom. The van der Waals surface area contributed by atoms with Gasteiger partial charge in [0.15, 0.2) is 5.60 Å². The highest BCUT2D eigenvalue weighted by Gasteiger charge is 2.35. The predicted octanol–water partition coefficient (Wildman–Crippen LogP) is 1.72. The molecule has 1 amide bonds. The Bertz CT molecular complexity index is 440. The van der Waals surface area contributed by atoms with E-state index in [1.165, 1.54) is 0 Å². The molecular weight excluding hydrogens is 218 g/mol. The van der Waals surface area contributed by atoms with Gasteiger partial charge in [-0.3, -0.25) is 4.79 Å². The highest BCUT2D eigenvalue weighted by Crippen LogP contribution is 2.34. The maximum atomic E-state index is 11.7. The summed E-state index contributed by atoms with van der Waals surface area (Å²) in [5.41, 5.74) is 0.978. The van der Waals surface area contributed by atoms with Crippen LogP contribution in [0.25, 0.3) is 0 Å². The lowest BCUT2D eigenvalue weighted by molar-refractivity contribution is -0.129. The van der Waals surface area contributed by atoms with Gasteiger partial charge in [-0.1, -0.05) is 6.07 Å². The van der Waals surface area contributed by atoms with Crippen molar-refractivity contribution >= 4 is 11.6 Å². The van der Waals surface area contributed by atoms with E-state index in [2.05, 4.69) is 5.32 Å². The molecule has 2 rings (SSSR count). The Balaban J connectivity index is 2.23. The van der Waals surface area contributed by atoms with Crippen LogP contribution < -0.4 is 10.1 Å². The number of fused-ring (bicyclic) bond motifs is 1. The quantitative estimate of drug-likeness (QED) is 0.838. The summed E-state index contributed by atoms with van der Waals surface area (Å²) >= 11 is 0. The summed E-state index contributed by atoms with van der Waals surface area (Å²) in [6.07, 6.45) is 1.52. The van der Waals surface area contributed by atoms with E-state index >= 15 is 0 Å². The number of carbonyl (C=O) groups is 1. The molecule has 4 heteroatoms. The number of aliphatic hydroxyl groups excluding tert-OH is 1. The van der Waals surface area contributed by atoms with Gasteiger partial charge in [0.05, 0.1) is 5.69 Å². The van der Waals surface area contributed by atoms with E-state index in [4.69, 9.17) is 9.84 Å². The van der Waals surface area contributed by atoms with Crippen LogP contribution in [-0.4, -0.2) is 23.2 Å². The lowest BCUT2D eigenvalue weighted by Crippen LogP contribution is -2.45. The molecule has 0 radical (unpaired) electrons. The fourth-order valence-electron chi connectivity index (χ4n) is 1.80. The van der Waals surface area contributed by atoms with Crippen molar-refractivity contribution in [2.24, 2.45) is 0 Å². The number of amides is 1. The molecule has 1 aromatic carbocycles. The SMILES string of the molecule is CC1(C)Oc2ccc(CCCO)cc2NC1=O. The number of rotatable bonds is 3. The lowest BCUT2D eigenvalue weighted by atomic mass is 10.0. The summed E-state index contributed by atoms with van der Waals surface area (Å²) in [4.78, 5) is 11.7. The second kappa shape index (κ2) is 4.37. The summed E-state index contributed by atoms with van der Waals surface area (Å²) in [6, 6.07) is 5.73. The molecule has 92 valence electrons. The molecule has 0 spiro atoms. The average molecular weight is 235 g/mol. The summed E-state index contributed by atoms with van der Waals surface area (Å²) in [6.45, 7) is 3.66. The van der Waals surface area contributed by atoms with E-state index < -0.39 is 5.60 Å². The van der Waals surface area contributed by atoms with E-state index in [0.29, 0.717) is 11.4 Å². The van der Waals surface area contributed by atoms with Crippen LogP contribution in [0, 0.1) is 0 Å². The first-order chi connectivity index (χ1) is 8.03. The number of carbonyl (C=O) groups excluding carboxylic acids is 1. The largest absolute Gasteiger partial charge is 0.476 e. The van der Waals surface area contributed by atoms with Gasteiger partial charge in [-0.05, 0) is 44.4 Å². The van der Waals surface area contributed by atoms with Crippen molar-refractivity contribution < 1.29 is 14.6 Å². The Morgan fingerprint density at radius 2 is 2.18 bits per heavy atom. The zero-order valence-corrected chi connectivity index (χ0v) is 10.1. The van der Waals surface area contributed by atoms with E-state index in [-0.39, 0.29) is 12.5 Å². The van der Waals surface area contributed by atoms with Gasteiger partial charge in [0, 0.05) is 6.61 Å². The maximum absolute atomic E-state index is 11.7. The molecule has 0 saturated heterocycles. The minimum atomic E-state index is -0.820. The summed E-state index contributed by atoms with van der Waals surface area (Å²) in [7, 11) is 0. The van der Waals surface area contributed by atoms with Gasteiger partial charge in [-0.15, -0.1) is 0 Å². The fraction of sp³-hybridized carbons (Fsp3) is 0.462. The topological polar surface area (TPSA) is 58.6 Å². The van der Waals surface area contributed by atoms with Crippen molar-refractivity contribution in [3.63, 3.8) is 0 Å². The number of hydrogen-bond donors (Lipinski definition) is 2. The van der Waals surface area contributed by atoms with Crippen molar-refractivity contribution in [2.75, 3.05) is 11.9 Å². The second-order valence-corrected chi connectivity index (χ2v) is 4.72. The van der Waals surface area contributed by atoms with Gasteiger partial charge in [-0.25, -0.2) is 0 Å². The molecule has 1 heterocycles. The van der Waals surface area contributed by atoms with E-state index in [1.807, 2.05) is 18.2 Å². The van der Waals surface area contributed by atoms with Gasteiger partial charge in [0.25, 0.3) is 5.91 Å². The van der Waals surface area contributed by atoms with Gasteiger partial charge in [0.2, 0.25) is 0 Å². The van der Waals surface area contributed by atoms with Crippen molar-refractivity contribution in [1.82, 2.24) is 0 Å². The number of anilines is 1. The van der Waals surface area contributed by atoms with Crippen LogP contribution in [0.3, 0.4) is 0 Å². The van der Waals surface area contributed by atoms with Crippen molar-refractivity contribution in [3.8, 4) is 5.75 Å². The number of benzene rings is 1. The van der Waals surface area contributed by atoms with Crippen LogP contribution in [0.2, 0.25) is 0 Å². The van der Waals surface area contributed by atoms with Gasteiger partial charge in [-0.2, -0.15) is 0 Å². The third-order valence-electron chi connectivity index (χ3n) is 2.83. The Labute approximate surface area is 101 Å². The smallest absolute Gasteiger partial charge is 0.268 e. The summed E-state index contributed by atoms with van der Waals surface area (Å²) < 4.78 is 5.63. The van der Waals surface area contributed by atoms with Gasteiger partial charge in [0.1, 0.15) is 5.75 Å². The number of ether oxygens (including phenoxy) is 1. The molecule has 0 fully saturated rings. The first kappa shape index (κ1) is 11.9. The first-order valence-electron chi connectivity index (χ1n) is 5.77. The second-order valence-electron chi connectivity index (χ2n) is 4.72. The third-order valence-corrected chi connectivity index (χ3v) is 2.83. The molecular formula is C13H17NO3. The van der Waals surface area contributed by atoms with Crippen LogP contribution in [0.15, 0.2) is 18.2 Å². The molecule has 0 bridgehead atoms. The molecule has 1 aliphatic rings. The van der Waals surface area contributed by atoms with Crippen molar-refractivity contribution in [2.45, 2.75) is 32.3 Å². The third kappa shape index (κ3) is 2.42. The molecule has 0 atom stereocenters. The monoisotopic (exact) mass is 235 g/mol. The molecule has 0 unspecified atom stereocenters.